The maximum absolute atomic E-state index is 11.4. The molecule has 0 aliphatic heterocycles. The van der Waals surface area contributed by atoms with Crippen LogP contribution in [0.5, 0.6) is 0 Å². The fourth-order valence-electron chi connectivity index (χ4n) is 3.33. The van der Waals surface area contributed by atoms with Crippen molar-refractivity contribution in [3.63, 3.8) is 0 Å². The summed E-state index contributed by atoms with van der Waals surface area (Å²) in [5.74, 6) is -1.11. The smallest absolute Gasteiger partial charge is 0.320 e. The van der Waals surface area contributed by atoms with Crippen LogP contribution in [-0.2, 0) is 22.7 Å². The van der Waals surface area contributed by atoms with Crippen LogP contribution in [-0.4, -0.2) is 44.2 Å². The van der Waals surface area contributed by atoms with E-state index >= 15 is 0 Å². The normalized spacial score (nSPS) is 13.3. The second-order valence-corrected chi connectivity index (χ2v) is 8.91. The molecule has 0 fully saturated rings. The van der Waals surface area contributed by atoms with E-state index in [1.807, 2.05) is 52.0 Å². The first-order valence-electron chi connectivity index (χ1n) is 11.0. The van der Waals surface area contributed by atoms with Gasteiger partial charge < -0.3 is 20.8 Å². The summed E-state index contributed by atoms with van der Waals surface area (Å²) >= 11 is 0. The number of nitrogens with one attached hydrogen (secondary N) is 2. The van der Waals surface area contributed by atoms with Crippen LogP contribution in [0, 0.1) is 11.8 Å². The van der Waals surface area contributed by atoms with Crippen LogP contribution in [0.2, 0.25) is 0 Å². The summed E-state index contributed by atoms with van der Waals surface area (Å²) in [4.78, 5) is 31.6. The summed E-state index contributed by atoms with van der Waals surface area (Å²) < 4.78 is 0. The maximum atomic E-state index is 11.4. The summed E-state index contributed by atoms with van der Waals surface area (Å²) in [5, 5.41) is 24.8. The minimum absolute atomic E-state index is 0.290. The van der Waals surface area contributed by atoms with E-state index in [2.05, 4.69) is 20.6 Å². The Balaban J connectivity index is 1.94. The van der Waals surface area contributed by atoms with Gasteiger partial charge in [-0.25, -0.2) is 0 Å². The third kappa shape index (κ3) is 8.36. The van der Waals surface area contributed by atoms with E-state index < -0.39 is 24.0 Å². The Labute approximate surface area is 189 Å². The van der Waals surface area contributed by atoms with E-state index in [9.17, 15) is 19.8 Å². The Morgan fingerprint density at radius 3 is 1.38 bits per heavy atom. The number of carboxylic acid groups (broad SMARTS) is 2. The molecular formula is C24H34N4O4. The minimum atomic E-state index is -0.846. The van der Waals surface area contributed by atoms with Gasteiger partial charge in [-0.3, -0.25) is 19.6 Å². The lowest BCUT2D eigenvalue weighted by Crippen LogP contribution is -2.37. The van der Waals surface area contributed by atoms with E-state index in [0.29, 0.717) is 49.2 Å². The van der Waals surface area contributed by atoms with Gasteiger partial charge in [-0.2, -0.15) is 0 Å². The molecule has 8 nitrogen and oxygen atoms in total. The lowest BCUT2D eigenvalue weighted by Gasteiger charge is -2.16. The summed E-state index contributed by atoms with van der Waals surface area (Å²) in [7, 11) is 0. The standard InChI is InChI=1S/C24H34N4O4/c1-15(2)9-21(23(29)30)27-13-17-5-7-19(25-11-17)20-8-6-18(12-26-20)14-28-22(24(31)32)10-16(3)4/h5-8,11-12,15-16,21-22,27-28H,9-10,13-14H2,1-4H3,(H,29,30)(H,31,32)/t21-,22-/m0/s1. The number of carboxylic acids is 2. The molecule has 0 unspecified atom stereocenters. The van der Waals surface area contributed by atoms with Gasteiger partial charge in [0.1, 0.15) is 12.1 Å². The van der Waals surface area contributed by atoms with Crippen LogP contribution in [0.4, 0.5) is 0 Å². The van der Waals surface area contributed by atoms with Crippen molar-refractivity contribution in [3.8, 4) is 11.4 Å². The Kier molecular flexibility index (Phi) is 9.74. The van der Waals surface area contributed by atoms with Crippen molar-refractivity contribution in [3.05, 3.63) is 47.8 Å². The van der Waals surface area contributed by atoms with Gasteiger partial charge in [0.15, 0.2) is 0 Å². The monoisotopic (exact) mass is 442 g/mol. The van der Waals surface area contributed by atoms with Gasteiger partial charge in [0.2, 0.25) is 0 Å². The van der Waals surface area contributed by atoms with E-state index in [0.717, 1.165) is 11.1 Å². The number of carbonyl (C=O) groups is 2. The molecule has 32 heavy (non-hydrogen) atoms. The molecule has 0 saturated carbocycles. The molecule has 0 spiro atoms. The summed E-state index contributed by atoms with van der Waals surface area (Å²) in [6, 6.07) is 6.36. The van der Waals surface area contributed by atoms with Crippen molar-refractivity contribution >= 4 is 11.9 Å². The van der Waals surface area contributed by atoms with Crippen LogP contribution in [0.3, 0.4) is 0 Å². The van der Waals surface area contributed by atoms with Crippen LogP contribution < -0.4 is 10.6 Å². The van der Waals surface area contributed by atoms with Crippen LogP contribution in [0.15, 0.2) is 36.7 Å². The molecule has 2 atom stereocenters. The molecule has 0 aliphatic rings. The minimum Gasteiger partial charge on any atom is -0.480 e. The maximum Gasteiger partial charge on any atom is 0.320 e. The molecule has 174 valence electrons. The number of nitrogens with zero attached hydrogens (tertiary/aromatic N) is 2. The Morgan fingerprint density at radius 1 is 0.750 bits per heavy atom. The zero-order chi connectivity index (χ0) is 23.7. The second-order valence-electron chi connectivity index (χ2n) is 8.91. The highest BCUT2D eigenvalue weighted by molar-refractivity contribution is 5.73. The van der Waals surface area contributed by atoms with Crippen molar-refractivity contribution in [2.24, 2.45) is 11.8 Å². The van der Waals surface area contributed by atoms with Crippen molar-refractivity contribution in [1.82, 2.24) is 20.6 Å². The Bertz CT molecular complexity index is 793. The molecule has 4 N–H and O–H groups in total. The first kappa shape index (κ1) is 25.4. The summed E-state index contributed by atoms with van der Waals surface area (Å²) in [6.07, 6.45) is 4.57. The van der Waals surface area contributed by atoms with Gasteiger partial charge in [-0.15, -0.1) is 0 Å². The van der Waals surface area contributed by atoms with Crippen molar-refractivity contribution in [2.45, 2.75) is 65.7 Å². The lowest BCUT2D eigenvalue weighted by atomic mass is 10.0. The summed E-state index contributed by atoms with van der Waals surface area (Å²) in [5.41, 5.74) is 3.23. The van der Waals surface area contributed by atoms with Gasteiger partial charge in [0, 0.05) is 25.5 Å². The number of aliphatic carboxylic acids is 2. The van der Waals surface area contributed by atoms with Gasteiger partial charge in [-0.1, -0.05) is 39.8 Å². The third-order valence-electron chi connectivity index (χ3n) is 5.03. The lowest BCUT2D eigenvalue weighted by molar-refractivity contribution is -0.140. The molecule has 0 bridgehead atoms. The Hall–Kier alpha value is -2.84. The molecular weight excluding hydrogens is 408 g/mol. The van der Waals surface area contributed by atoms with E-state index in [1.54, 1.807) is 12.4 Å². The van der Waals surface area contributed by atoms with Crippen LogP contribution in [0.25, 0.3) is 11.4 Å². The molecule has 0 radical (unpaired) electrons. The predicted octanol–water partition coefficient (Wildman–Crippen LogP) is 3.32. The molecule has 2 aromatic heterocycles. The van der Waals surface area contributed by atoms with Crippen LogP contribution in [0.1, 0.15) is 51.7 Å². The van der Waals surface area contributed by atoms with Gasteiger partial charge >= 0.3 is 11.9 Å². The molecule has 2 aromatic rings. The quantitative estimate of drug-likeness (QED) is 0.372. The predicted molar refractivity (Wildman–Crippen MR) is 123 cm³/mol. The summed E-state index contributed by atoms with van der Waals surface area (Å²) in [6.45, 7) is 8.85. The molecule has 8 heteroatoms. The number of hydrogen-bond acceptors (Lipinski definition) is 6. The molecule has 2 heterocycles. The number of pyridine rings is 2. The average Bonchev–Trinajstić information content (AvgIpc) is 2.74. The molecule has 2 rings (SSSR count). The molecule has 0 aliphatic carbocycles. The van der Waals surface area contributed by atoms with Gasteiger partial charge in [0.05, 0.1) is 11.4 Å². The number of hydrogen-bond donors (Lipinski definition) is 4. The van der Waals surface area contributed by atoms with E-state index in [1.165, 1.54) is 0 Å². The molecule has 0 aromatic carbocycles. The van der Waals surface area contributed by atoms with Crippen molar-refractivity contribution in [2.75, 3.05) is 0 Å². The molecule has 0 saturated heterocycles. The first-order chi connectivity index (χ1) is 15.2. The first-order valence-corrected chi connectivity index (χ1v) is 11.0. The van der Waals surface area contributed by atoms with Crippen molar-refractivity contribution in [1.29, 1.82) is 0 Å². The largest absolute Gasteiger partial charge is 0.480 e. The van der Waals surface area contributed by atoms with E-state index in [4.69, 9.17) is 0 Å². The fourth-order valence-corrected chi connectivity index (χ4v) is 3.33. The zero-order valence-electron chi connectivity index (χ0n) is 19.2. The molecule has 0 amide bonds. The third-order valence-corrected chi connectivity index (χ3v) is 5.03. The topological polar surface area (TPSA) is 124 Å². The zero-order valence-corrected chi connectivity index (χ0v) is 19.2. The van der Waals surface area contributed by atoms with E-state index in [-0.39, 0.29) is 0 Å². The highest BCUT2D eigenvalue weighted by atomic mass is 16.4. The highest BCUT2D eigenvalue weighted by Crippen LogP contribution is 2.16. The SMILES string of the molecule is CC(C)C[C@H](NCc1ccc(-c2ccc(CN[C@@H](CC(C)C)C(=O)O)cn2)nc1)C(=O)O. The number of rotatable bonds is 13. The van der Waals surface area contributed by atoms with Crippen LogP contribution >= 0.6 is 0 Å². The second kappa shape index (κ2) is 12.3. The van der Waals surface area contributed by atoms with Crippen molar-refractivity contribution < 1.29 is 19.8 Å². The average molecular weight is 443 g/mol. The van der Waals surface area contributed by atoms with Gasteiger partial charge in [-0.05, 0) is 47.9 Å². The fraction of sp³-hybridized carbons (Fsp3) is 0.500. The number of aromatic nitrogens is 2. The van der Waals surface area contributed by atoms with Gasteiger partial charge in [0.25, 0.3) is 0 Å². The Morgan fingerprint density at radius 2 is 1.12 bits per heavy atom. The highest BCUT2D eigenvalue weighted by Gasteiger charge is 2.19.